The molecule has 2 heterocycles. The largest absolute Gasteiger partial charge is 0.481 e. The number of pyridine rings is 1. The third-order valence-corrected chi connectivity index (χ3v) is 2.57. The van der Waals surface area contributed by atoms with Gasteiger partial charge >= 0.3 is 12.1 Å². The van der Waals surface area contributed by atoms with Crippen molar-refractivity contribution in [1.82, 2.24) is 9.38 Å². The minimum absolute atomic E-state index is 0. The second kappa shape index (κ2) is 5.08. The number of aliphatic carboxylic acids is 1. The number of hydrogen-bond donors (Lipinski definition) is 1. The van der Waals surface area contributed by atoms with Gasteiger partial charge in [0.2, 0.25) is 0 Å². The number of imidazole rings is 1. The maximum Gasteiger partial charge on any atom is 0.416 e. The molecule has 0 fully saturated rings. The third kappa shape index (κ3) is 2.98. The molecule has 0 spiro atoms. The van der Waals surface area contributed by atoms with Gasteiger partial charge in [0, 0.05) is 6.20 Å². The van der Waals surface area contributed by atoms with Crippen LogP contribution >= 0.6 is 12.4 Å². The Morgan fingerprint density at radius 3 is 2.63 bits per heavy atom. The molecule has 0 aliphatic heterocycles. The highest BCUT2D eigenvalue weighted by Gasteiger charge is 2.31. The van der Waals surface area contributed by atoms with Crippen LogP contribution in [0.25, 0.3) is 5.65 Å². The van der Waals surface area contributed by atoms with E-state index in [1.165, 1.54) is 10.6 Å². The Morgan fingerprint density at radius 1 is 1.47 bits per heavy atom. The minimum Gasteiger partial charge on any atom is -0.481 e. The molecule has 104 valence electrons. The number of carbonyl (C=O) groups is 1. The van der Waals surface area contributed by atoms with Crippen molar-refractivity contribution in [3.8, 4) is 0 Å². The number of carboxylic acid groups (broad SMARTS) is 1. The van der Waals surface area contributed by atoms with E-state index in [-0.39, 0.29) is 24.5 Å². The van der Waals surface area contributed by atoms with Crippen molar-refractivity contribution in [2.75, 3.05) is 0 Å². The van der Waals surface area contributed by atoms with Crippen LogP contribution in [0.3, 0.4) is 0 Å². The van der Waals surface area contributed by atoms with Crippen molar-refractivity contribution < 1.29 is 23.1 Å². The second-order valence-corrected chi connectivity index (χ2v) is 3.86. The zero-order valence-corrected chi connectivity index (χ0v) is 10.5. The maximum atomic E-state index is 12.5. The average Bonchev–Trinajstić information content (AvgIpc) is 2.53. The summed E-state index contributed by atoms with van der Waals surface area (Å²) in [7, 11) is 0. The van der Waals surface area contributed by atoms with E-state index < -0.39 is 17.7 Å². The fourth-order valence-corrected chi connectivity index (χ4v) is 1.75. The fourth-order valence-electron chi connectivity index (χ4n) is 1.75. The summed E-state index contributed by atoms with van der Waals surface area (Å²) in [5.41, 5.74) is 0.0865. The molecule has 0 radical (unpaired) electrons. The van der Waals surface area contributed by atoms with Crippen molar-refractivity contribution in [1.29, 1.82) is 0 Å². The summed E-state index contributed by atoms with van der Waals surface area (Å²) in [6, 6.07) is 1.80. The summed E-state index contributed by atoms with van der Waals surface area (Å²) in [5, 5.41) is 8.73. The predicted molar refractivity (Wildman–Crippen MR) is 63.5 cm³/mol. The Balaban J connectivity index is 0.00000180. The lowest BCUT2D eigenvalue weighted by Gasteiger charge is -2.07. The zero-order valence-electron chi connectivity index (χ0n) is 9.73. The van der Waals surface area contributed by atoms with Crippen LogP contribution in [0.15, 0.2) is 18.3 Å². The smallest absolute Gasteiger partial charge is 0.416 e. The molecule has 0 amide bonds. The summed E-state index contributed by atoms with van der Waals surface area (Å²) in [5.74, 6) is -1.06. The molecule has 0 aliphatic rings. The number of hydrogen-bond acceptors (Lipinski definition) is 2. The predicted octanol–water partition coefficient (Wildman–Crippen LogP) is 2.71. The van der Waals surface area contributed by atoms with Gasteiger partial charge in [0.1, 0.15) is 5.65 Å². The van der Waals surface area contributed by atoms with E-state index in [0.29, 0.717) is 11.4 Å². The number of fused-ring (bicyclic) bond motifs is 1. The van der Waals surface area contributed by atoms with Crippen LogP contribution in [0.1, 0.15) is 17.0 Å². The van der Waals surface area contributed by atoms with E-state index in [4.69, 9.17) is 5.11 Å². The first-order valence-electron chi connectivity index (χ1n) is 5.05. The molecule has 2 aromatic heterocycles. The number of aromatic nitrogens is 2. The molecule has 2 rings (SSSR count). The Bertz CT molecular complexity index is 622. The number of nitrogens with zero attached hydrogens (tertiary/aromatic N) is 2. The van der Waals surface area contributed by atoms with Crippen LogP contribution in [0.5, 0.6) is 0 Å². The molecule has 19 heavy (non-hydrogen) atoms. The first-order chi connectivity index (χ1) is 8.29. The highest BCUT2D eigenvalue weighted by Crippen LogP contribution is 2.30. The molecule has 0 atom stereocenters. The highest BCUT2D eigenvalue weighted by atomic mass is 35.5. The molecule has 1 N–H and O–H groups in total. The number of halogens is 4. The van der Waals surface area contributed by atoms with Gasteiger partial charge in [-0.05, 0) is 19.1 Å². The molecule has 0 aromatic carbocycles. The summed E-state index contributed by atoms with van der Waals surface area (Å²) < 4.78 is 38.9. The Morgan fingerprint density at radius 2 is 2.11 bits per heavy atom. The van der Waals surface area contributed by atoms with Gasteiger partial charge in [-0.25, -0.2) is 4.98 Å². The molecule has 4 nitrogen and oxygen atoms in total. The Labute approximate surface area is 112 Å². The first kappa shape index (κ1) is 15.3. The molecule has 0 aliphatic carbocycles. The SMILES string of the molecule is Cc1nc2cc(C(F)(F)F)ccn2c1CC(=O)O.Cl. The normalized spacial score (nSPS) is 11.4. The minimum atomic E-state index is -4.44. The van der Waals surface area contributed by atoms with E-state index in [1.807, 2.05) is 0 Å². The van der Waals surface area contributed by atoms with Crippen LogP contribution in [-0.2, 0) is 17.4 Å². The number of alkyl halides is 3. The lowest BCUT2D eigenvalue weighted by molar-refractivity contribution is -0.138. The summed E-state index contributed by atoms with van der Waals surface area (Å²) in [6.45, 7) is 1.57. The fraction of sp³-hybridized carbons (Fsp3) is 0.273. The van der Waals surface area contributed by atoms with Crippen molar-refractivity contribution in [2.24, 2.45) is 0 Å². The standard InChI is InChI=1S/C11H9F3N2O2.ClH/c1-6-8(5-10(17)18)16-3-2-7(11(12,13)14)4-9(16)15-6;/h2-4H,5H2,1H3,(H,17,18);1H. The van der Waals surface area contributed by atoms with E-state index in [0.717, 1.165) is 12.1 Å². The van der Waals surface area contributed by atoms with Crippen LogP contribution in [-0.4, -0.2) is 20.5 Å². The second-order valence-electron chi connectivity index (χ2n) is 3.86. The van der Waals surface area contributed by atoms with E-state index in [1.54, 1.807) is 6.92 Å². The number of aryl methyl sites for hydroxylation is 1. The monoisotopic (exact) mass is 294 g/mol. The average molecular weight is 295 g/mol. The van der Waals surface area contributed by atoms with Gasteiger partial charge < -0.3 is 9.51 Å². The van der Waals surface area contributed by atoms with Gasteiger partial charge in [-0.15, -0.1) is 12.4 Å². The number of carboxylic acids is 1. The molecule has 8 heteroatoms. The molecule has 0 unspecified atom stereocenters. The van der Waals surface area contributed by atoms with Crippen LogP contribution in [0.4, 0.5) is 13.2 Å². The van der Waals surface area contributed by atoms with Gasteiger partial charge in [0.25, 0.3) is 0 Å². The van der Waals surface area contributed by atoms with E-state index >= 15 is 0 Å². The molecule has 0 saturated heterocycles. The lowest BCUT2D eigenvalue weighted by Crippen LogP contribution is -2.07. The Kier molecular flexibility index (Phi) is 4.09. The first-order valence-corrected chi connectivity index (χ1v) is 5.05. The quantitative estimate of drug-likeness (QED) is 0.926. The van der Waals surface area contributed by atoms with Crippen LogP contribution in [0, 0.1) is 6.92 Å². The highest BCUT2D eigenvalue weighted by molar-refractivity contribution is 5.85. The van der Waals surface area contributed by atoms with Crippen molar-refractivity contribution in [3.05, 3.63) is 35.3 Å². The van der Waals surface area contributed by atoms with Crippen molar-refractivity contribution >= 4 is 24.0 Å². The topological polar surface area (TPSA) is 54.6 Å². The van der Waals surface area contributed by atoms with Gasteiger partial charge in [0.05, 0.1) is 23.4 Å². The van der Waals surface area contributed by atoms with Crippen molar-refractivity contribution in [3.63, 3.8) is 0 Å². The third-order valence-electron chi connectivity index (χ3n) is 2.57. The number of rotatable bonds is 2. The summed E-state index contributed by atoms with van der Waals surface area (Å²) >= 11 is 0. The molecule has 2 aromatic rings. The lowest BCUT2D eigenvalue weighted by atomic mass is 10.2. The zero-order chi connectivity index (χ0) is 13.5. The van der Waals surface area contributed by atoms with Crippen LogP contribution < -0.4 is 0 Å². The summed E-state index contributed by atoms with van der Waals surface area (Å²) in [6.07, 6.45) is -3.52. The van der Waals surface area contributed by atoms with E-state index in [9.17, 15) is 18.0 Å². The Hall–Kier alpha value is -1.76. The molecular formula is C11H10ClF3N2O2. The molecule has 0 bridgehead atoms. The maximum absolute atomic E-state index is 12.5. The van der Waals surface area contributed by atoms with Crippen LogP contribution in [0.2, 0.25) is 0 Å². The van der Waals surface area contributed by atoms with E-state index in [2.05, 4.69) is 4.98 Å². The molecular weight excluding hydrogens is 285 g/mol. The van der Waals surface area contributed by atoms with Gasteiger partial charge in [0.15, 0.2) is 0 Å². The van der Waals surface area contributed by atoms with Gasteiger partial charge in [-0.2, -0.15) is 13.2 Å². The molecule has 0 saturated carbocycles. The van der Waals surface area contributed by atoms with Gasteiger partial charge in [-0.1, -0.05) is 0 Å². The van der Waals surface area contributed by atoms with Crippen molar-refractivity contribution in [2.45, 2.75) is 19.5 Å². The van der Waals surface area contributed by atoms with Gasteiger partial charge in [-0.3, -0.25) is 4.79 Å². The summed E-state index contributed by atoms with van der Waals surface area (Å²) in [4.78, 5) is 14.6.